The maximum Gasteiger partial charge on any atom is 0.338 e. The van der Waals surface area contributed by atoms with Gasteiger partial charge in [-0.1, -0.05) is 36.4 Å². The molecule has 5 rings (SSSR count). The number of benzene rings is 3. The minimum atomic E-state index is -0.778. The molecule has 0 bridgehead atoms. The summed E-state index contributed by atoms with van der Waals surface area (Å²) in [5.41, 5.74) is 3.50. The van der Waals surface area contributed by atoms with E-state index in [9.17, 15) is 14.9 Å². The summed E-state index contributed by atoms with van der Waals surface area (Å²) >= 11 is 0. The van der Waals surface area contributed by atoms with Crippen molar-refractivity contribution < 1.29 is 28.5 Å². The number of allylic oxidation sites excluding steroid dienone is 1. The molecular weight excluding hydrogens is 498 g/mol. The monoisotopic (exact) mass is 525 g/mol. The maximum absolute atomic E-state index is 13.6. The molecule has 0 aromatic heterocycles. The zero-order valence-electron chi connectivity index (χ0n) is 21.4. The van der Waals surface area contributed by atoms with E-state index in [-0.39, 0.29) is 12.2 Å². The lowest BCUT2D eigenvalue weighted by Crippen LogP contribution is -2.46. The zero-order valence-corrected chi connectivity index (χ0v) is 21.4. The third-order valence-corrected chi connectivity index (χ3v) is 6.54. The number of fused-ring (bicyclic) bond motifs is 1. The Hall–Kier alpha value is -4.97. The number of hydrogen-bond donors (Lipinski definition) is 2. The third-order valence-electron chi connectivity index (χ3n) is 6.54. The Bertz CT molecular complexity index is 1480. The maximum atomic E-state index is 13.6. The zero-order chi connectivity index (χ0) is 27.2. The Balaban J connectivity index is 1.48. The van der Waals surface area contributed by atoms with E-state index in [1.807, 2.05) is 24.3 Å². The number of aryl methyl sites for hydroxylation is 1. The van der Waals surface area contributed by atoms with Gasteiger partial charge in [0.25, 0.3) is 0 Å². The highest BCUT2D eigenvalue weighted by Gasteiger charge is 2.34. The summed E-state index contributed by atoms with van der Waals surface area (Å²) in [6, 6.07) is 20.7. The van der Waals surface area contributed by atoms with E-state index in [0.29, 0.717) is 59.9 Å². The van der Waals surface area contributed by atoms with E-state index < -0.39 is 18.0 Å². The van der Waals surface area contributed by atoms with Crippen molar-refractivity contribution in [2.45, 2.75) is 25.5 Å². The van der Waals surface area contributed by atoms with Gasteiger partial charge >= 0.3 is 12.0 Å². The molecule has 2 aliphatic heterocycles. The van der Waals surface area contributed by atoms with Crippen molar-refractivity contribution >= 4 is 12.0 Å². The number of esters is 1. The molecule has 39 heavy (non-hydrogen) atoms. The first-order valence-corrected chi connectivity index (χ1v) is 12.5. The molecule has 198 valence electrons. The summed E-state index contributed by atoms with van der Waals surface area (Å²) in [7, 11) is 1.60. The smallest absolute Gasteiger partial charge is 0.338 e. The number of amides is 2. The quantitative estimate of drug-likeness (QED) is 0.421. The fraction of sp³-hybridized carbons (Fsp3) is 0.233. The van der Waals surface area contributed by atoms with Crippen LogP contribution in [0.4, 0.5) is 4.79 Å². The van der Waals surface area contributed by atoms with E-state index in [4.69, 9.17) is 18.9 Å². The minimum absolute atomic E-state index is 0.0283. The van der Waals surface area contributed by atoms with Crippen molar-refractivity contribution in [2.24, 2.45) is 0 Å². The summed E-state index contributed by atoms with van der Waals surface area (Å²) in [5, 5.41) is 14.9. The molecule has 9 heteroatoms. The number of para-hydroxylation sites is 1. The highest BCUT2D eigenvalue weighted by Crippen LogP contribution is 2.37. The number of ether oxygens (including phenoxy) is 4. The van der Waals surface area contributed by atoms with Gasteiger partial charge < -0.3 is 29.6 Å². The molecule has 0 spiro atoms. The second kappa shape index (κ2) is 11.6. The summed E-state index contributed by atoms with van der Waals surface area (Å²) < 4.78 is 22.6. The Morgan fingerprint density at radius 2 is 1.85 bits per heavy atom. The molecular formula is C30H27N3O6. The van der Waals surface area contributed by atoms with E-state index in [2.05, 4.69) is 16.7 Å². The van der Waals surface area contributed by atoms with E-state index in [1.54, 1.807) is 49.6 Å². The Labute approximate surface area is 225 Å². The van der Waals surface area contributed by atoms with E-state index in [1.165, 1.54) is 0 Å². The van der Waals surface area contributed by atoms with Crippen LogP contribution in [0, 0.1) is 11.3 Å². The van der Waals surface area contributed by atoms with Crippen molar-refractivity contribution in [1.29, 1.82) is 5.26 Å². The van der Waals surface area contributed by atoms with Crippen LogP contribution < -0.4 is 24.8 Å². The van der Waals surface area contributed by atoms with Crippen LogP contribution >= 0.6 is 0 Å². The molecule has 9 nitrogen and oxygen atoms in total. The molecule has 0 saturated carbocycles. The van der Waals surface area contributed by atoms with Crippen LogP contribution in [0.25, 0.3) is 0 Å². The lowest BCUT2D eigenvalue weighted by molar-refractivity contribution is -0.140. The average molecular weight is 526 g/mol. The Morgan fingerprint density at radius 1 is 1.03 bits per heavy atom. The molecule has 1 unspecified atom stereocenters. The molecule has 2 heterocycles. The van der Waals surface area contributed by atoms with Crippen LogP contribution in [0.2, 0.25) is 0 Å². The second-order valence-corrected chi connectivity index (χ2v) is 9.03. The fourth-order valence-corrected chi connectivity index (χ4v) is 4.67. The van der Waals surface area contributed by atoms with Gasteiger partial charge in [0.05, 0.1) is 30.4 Å². The van der Waals surface area contributed by atoms with Crippen LogP contribution in [-0.4, -0.2) is 32.3 Å². The van der Waals surface area contributed by atoms with Gasteiger partial charge in [0, 0.05) is 5.70 Å². The molecule has 1 atom stereocenters. The summed E-state index contributed by atoms with van der Waals surface area (Å²) in [4.78, 5) is 26.4. The van der Waals surface area contributed by atoms with Gasteiger partial charge in [0.2, 0.25) is 0 Å². The first kappa shape index (κ1) is 25.7. The molecule has 2 aliphatic rings. The first-order chi connectivity index (χ1) is 19.1. The molecule has 0 aliphatic carbocycles. The summed E-state index contributed by atoms with van der Waals surface area (Å²) in [6.45, 7) is 0.832. The van der Waals surface area contributed by atoms with Gasteiger partial charge in [0.1, 0.15) is 25.6 Å². The molecule has 0 saturated heterocycles. The molecule has 2 amide bonds. The van der Waals surface area contributed by atoms with Crippen molar-refractivity contribution in [3.63, 3.8) is 0 Å². The van der Waals surface area contributed by atoms with Crippen LogP contribution in [0.1, 0.15) is 34.7 Å². The van der Waals surface area contributed by atoms with E-state index >= 15 is 0 Å². The number of carbonyl (C=O) groups is 2. The molecule has 3 aromatic carbocycles. The van der Waals surface area contributed by atoms with Crippen LogP contribution in [0.3, 0.4) is 0 Å². The van der Waals surface area contributed by atoms with Gasteiger partial charge in [0.15, 0.2) is 11.5 Å². The van der Waals surface area contributed by atoms with Gasteiger partial charge in [-0.2, -0.15) is 5.26 Å². The lowest BCUT2D eigenvalue weighted by Gasteiger charge is -2.30. The number of urea groups is 1. The van der Waals surface area contributed by atoms with Crippen molar-refractivity contribution in [3.05, 3.63) is 100 Å². The van der Waals surface area contributed by atoms with Crippen LogP contribution in [-0.2, 0) is 22.6 Å². The highest BCUT2D eigenvalue weighted by molar-refractivity contribution is 5.95. The summed E-state index contributed by atoms with van der Waals surface area (Å²) in [6.07, 6.45) is 0.887. The average Bonchev–Trinajstić information content (AvgIpc) is 2.98. The Morgan fingerprint density at radius 3 is 2.67 bits per heavy atom. The SMILES string of the molecule is COc1ccccc1CCC1=C(C(=O)OCc2cccc(C#N)c2)C(c2ccc3c(c2)OCCO3)NC(=O)N1. The highest BCUT2D eigenvalue weighted by atomic mass is 16.6. The fourth-order valence-electron chi connectivity index (χ4n) is 4.67. The van der Waals surface area contributed by atoms with Crippen LogP contribution in [0.15, 0.2) is 78.0 Å². The van der Waals surface area contributed by atoms with Crippen molar-refractivity contribution in [3.8, 4) is 23.3 Å². The molecule has 3 aromatic rings. The number of methoxy groups -OCH3 is 1. The third kappa shape index (κ3) is 5.80. The first-order valence-electron chi connectivity index (χ1n) is 12.5. The molecule has 0 radical (unpaired) electrons. The van der Waals surface area contributed by atoms with Crippen molar-refractivity contribution in [1.82, 2.24) is 10.6 Å². The molecule has 0 fully saturated rings. The number of nitrogens with one attached hydrogen (secondary N) is 2. The van der Waals surface area contributed by atoms with Gasteiger partial charge in [-0.3, -0.25) is 0 Å². The predicted molar refractivity (Wildman–Crippen MR) is 141 cm³/mol. The summed E-state index contributed by atoms with van der Waals surface area (Å²) in [5.74, 6) is 1.29. The number of hydrogen-bond acceptors (Lipinski definition) is 7. The van der Waals surface area contributed by atoms with Gasteiger partial charge in [-0.25, -0.2) is 9.59 Å². The number of rotatable bonds is 8. The molecule has 2 N–H and O–H groups in total. The number of nitrogens with zero attached hydrogens (tertiary/aromatic N) is 1. The number of nitriles is 1. The largest absolute Gasteiger partial charge is 0.496 e. The Kier molecular flexibility index (Phi) is 7.64. The van der Waals surface area contributed by atoms with E-state index in [0.717, 1.165) is 11.3 Å². The van der Waals surface area contributed by atoms with Crippen LogP contribution in [0.5, 0.6) is 17.2 Å². The normalized spacial score (nSPS) is 16.0. The standard InChI is InChI=1S/C30H27N3O6/c1-36-24-8-3-2-7-21(24)9-11-23-27(29(34)39-18-20-6-4-5-19(15-20)17-31)28(33-30(35)32-23)22-10-12-25-26(16-22)38-14-13-37-25/h2-8,10,12,15-16,28H,9,11,13-14,18H2,1H3,(H2,32,33,35). The van der Waals surface area contributed by atoms with Gasteiger partial charge in [-0.05, 0) is 59.9 Å². The predicted octanol–water partition coefficient (Wildman–Crippen LogP) is 4.32. The number of carbonyl (C=O) groups excluding carboxylic acids is 2. The second-order valence-electron chi connectivity index (χ2n) is 9.03. The van der Waals surface area contributed by atoms with Crippen molar-refractivity contribution in [2.75, 3.05) is 20.3 Å². The van der Waals surface area contributed by atoms with Gasteiger partial charge in [-0.15, -0.1) is 0 Å². The minimum Gasteiger partial charge on any atom is -0.496 e. The topological polar surface area (TPSA) is 119 Å². The lowest BCUT2D eigenvalue weighted by atomic mass is 9.92.